The lowest BCUT2D eigenvalue weighted by Gasteiger charge is -2.18. The van der Waals surface area contributed by atoms with Gasteiger partial charge in [0, 0.05) is 10.0 Å². The molecule has 0 aliphatic heterocycles. The number of esters is 1. The summed E-state index contributed by atoms with van der Waals surface area (Å²) in [5.74, 6) is -1.56. The number of hydrogen-bond donors (Lipinski definition) is 2. The van der Waals surface area contributed by atoms with E-state index in [9.17, 15) is 14.3 Å². The van der Waals surface area contributed by atoms with Gasteiger partial charge < -0.3 is 15.6 Å². The van der Waals surface area contributed by atoms with Crippen LogP contribution in [-0.4, -0.2) is 23.9 Å². The Labute approximate surface area is 130 Å². The van der Waals surface area contributed by atoms with Gasteiger partial charge in [0.1, 0.15) is 11.8 Å². The van der Waals surface area contributed by atoms with Crippen LogP contribution in [0.2, 0.25) is 0 Å². The van der Waals surface area contributed by atoms with E-state index in [4.69, 9.17) is 11.0 Å². The fourth-order valence-electron chi connectivity index (χ4n) is 1.51. The van der Waals surface area contributed by atoms with E-state index in [1.54, 1.807) is 13.0 Å². The molecule has 0 aromatic heterocycles. The molecule has 0 radical (unpaired) electrons. The van der Waals surface area contributed by atoms with Crippen molar-refractivity contribution in [2.45, 2.75) is 19.1 Å². The highest BCUT2D eigenvalue weighted by molar-refractivity contribution is 9.10. The van der Waals surface area contributed by atoms with Crippen molar-refractivity contribution >= 4 is 34.3 Å². The van der Waals surface area contributed by atoms with Crippen LogP contribution in [0.3, 0.4) is 0 Å². The molecule has 0 saturated carbocycles. The van der Waals surface area contributed by atoms with Gasteiger partial charge in [-0.05, 0) is 19.1 Å². The van der Waals surface area contributed by atoms with Gasteiger partial charge in [0.15, 0.2) is 0 Å². The summed E-state index contributed by atoms with van der Waals surface area (Å²) in [6, 6.07) is 3.12. The Balaban J connectivity index is 0.00000361. The number of ether oxygens (including phenoxy) is 1. The van der Waals surface area contributed by atoms with Crippen LogP contribution in [0.4, 0.5) is 4.39 Å². The maximum Gasteiger partial charge on any atom is 0.342 e. The zero-order chi connectivity index (χ0) is 14.6. The van der Waals surface area contributed by atoms with Crippen molar-refractivity contribution in [3.8, 4) is 11.8 Å². The van der Waals surface area contributed by atoms with Gasteiger partial charge in [-0.1, -0.05) is 15.9 Å². The third-order valence-corrected chi connectivity index (χ3v) is 3.14. The highest BCUT2D eigenvalue weighted by Gasteiger charge is 2.31. The van der Waals surface area contributed by atoms with Crippen molar-refractivity contribution in [2.24, 2.45) is 5.73 Å². The Hall–Kier alpha value is -1.36. The molecule has 2 atom stereocenters. The Morgan fingerprint density at radius 2 is 2.25 bits per heavy atom. The molecular formula is C12H13BrClFN2O3. The van der Waals surface area contributed by atoms with Crippen molar-refractivity contribution < 1.29 is 19.0 Å². The van der Waals surface area contributed by atoms with Gasteiger partial charge in [-0.3, -0.25) is 0 Å². The molecule has 8 heteroatoms. The van der Waals surface area contributed by atoms with E-state index in [2.05, 4.69) is 20.7 Å². The molecule has 3 N–H and O–H groups in total. The van der Waals surface area contributed by atoms with Crippen LogP contribution in [0, 0.1) is 11.3 Å². The summed E-state index contributed by atoms with van der Waals surface area (Å²) >= 11 is 3.10. The van der Waals surface area contributed by atoms with E-state index >= 15 is 0 Å². The first kappa shape index (κ1) is 18.6. The molecule has 0 aliphatic rings. The van der Waals surface area contributed by atoms with Crippen LogP contribution in [-0.2, 0) is 9.53 Å². The fourth-order valence-corrected chi connectivity index (χ4v) is 2.09. The molecule has 110 valence electrons. The minimum Gasteiger partial charge on any atom is -0.506 e. The van der Waals surface area contributed by atoms with Crippen LogP contribution in [0.1, 0.15) is 24.1 Å². The molecule has 1 unspecified atom stereocenters. The molecule has 20 heavy (non-hydrogen) atoms. The Bertz CT molecular complexity index is 536. The minimum atomic E-state index is -2.13. The van der Waals surface area contributed by atoms with Crippen molar-refractivity contribution in [3.63, 3.8) is 0 Å². The molecule has 0 aliphatic carbocycles. The molecule has 0 bridgehead atoms. The quantitative estimate of drug-likeness (QED) is 0.796. The van der Waals surface area contributed by atoms with E-state index in [0.29, 0.717) is 4.47 Å². The van der Waals surface area contributed by atoms with Gasteiger partial charge in [-0.2, -0.15) is 5.26 Å². The van der Waals surface area contributed by atoms with E-state index in [1.165, 1.54) is 12.1 Å². The summed E-state index contributed by atoms with van der Waals surface area (Å²) in [7, 11) is 0. The molecule has 0 spiro atoms. The second kappa shape index (κ2) is 8.04. The first-order chi connectivity index (χ1) is 8.93. The average molecular weight is 368 g/mol. The smallest absolute Gasteiger partial charge is 0.342 e. The van der Waals surface area contributed by atoms with Crippen molar-refractivity contribution in [1.29, 1.82) is 5.26 Å². The Kier molecular flexibility index (Phi) is 7.50. The van der Waals surface area contributed by atoms with Crippen molar-refractivity contribution in [3.05, 3.63) is 27.7 Å². The average Bonchev–Trinajstić information content (AvgIpc) is 2.38. The van der Waals surface area contributed by atoms with Gasteiger partial charge >= 0.3 is 5.97 Å². The number of benzene rings is 1. The summed E-state index contributed by atoms with van der Waals surface area (Å²) in [6.45, 7) is 1.57. The van der Waals surface area contributed by atoms with Gasteiger partial charge in [-0.25, -0.2) is 9.18 Å². The van der Waals surface area contributed by atoms with Gasteiger partial charge in [0.05, 0.1) is 18.2 Å². The second-order valence-corrected chi connectivity index (χ2v) is 4.50. The van der Waals surface area contributed by atoms with E-state index in [-0.39, 0.29) is 30.1 Å². The van der Waals surface area contributed by atoms with Crippen LogP contribution < -0.4 is 5.73 Å². The zero-order valence-electron chi connectivity index (χ0n) is 10.5. The standard InChI is InChI=1S/C12H12BrFN2O3.ClH/c1-2-19-12(18)9(14)10(16)8-7(13)4-3-6(5-15)11(8)17;/h3-4,9-10,17H,2,16H2,1H3;1H/t9?,10-;/m1./s1. The summed E-state index contributed by atoms with van der Waals surface area (Å²) < 4.78 is 18.7. The van der Waals surface area contributed by atoms with Crippen molar-refractivity contribution in [1.82, 2.24) is 0 Å². The van der Waals surface area contributed by atoms with Gasteiger partial charge in [-0.15, -0.1) is 12.4 Å². The number of rotatable bonds is 4. The number of halogens is 3. The number of hydrogen-bond acceptors (Lipinski definition) is 5. The fraction of sp³-hybridized carbons (Fsp3) is 0.333. The molecular weight excluding hydrogens is 354 g/mol. The predicted octanol–water partition coefficient (Wildman–Crippen LogP) is 2.35. The molecule has 1 rings (SSSR count). The molecule has 0 saturated heterocycles. The summed E-state index contributed by atoms with van der Waals surface area (Å²) in [6.07, 6.45) is -2.13. The maximum atomic E-state index is 13.8. The number of alkyl halides is 1. The van der Waals surface area contributed by atoms with E-state index in [0.717, 1.165) is 0 Å². The molecule has 0 heterocycles. The molecule has 5 nitrogen and oxygen atoms in total. The highest BCUT2D eigenvalue weighted by Crippen LogP contribution is 2.35. The van der Waals surface area contributed by atoms with Crippen LogP contribution in [0.25, 0.3) is 0 Å². The van der Waals surface area contributed by atoms with Crippen molar-refractivity contribution in [2.75, 3.05) is 6.61 Å². The zero-order valence-corrected chi connectivity index (χ0v) is 12.9. The minimum absolute atomic E-state index is 0. The predicted molar refractivity (Wildman–Crippen MR) is 76.2 cm³/mol. The Morgan fingerprint density at radius 3 is 2.75 bits per heavy atom. The lowest BCUT2D eigenvalue weighted by atomic mass is 9.99. The van der Waals surface area contributed by atoms with Gasteiger partial charge in [0.25, 0.3) is 0 Å². The number of carbonyl (C=O) groups excluding carboxylic acids is 1. The molecule has 1 aromatic carbocycles. The normalized spacial score (nSPS) is 12.8. The second-order valence-electron chi connectivity index (χ2n) is 3.65. The van der Waals surface area contributed by atoms with Crippen LogP contribution >= 0.6 is 28.3 Å². The Morgan fingerprint density at radius 1 is 1.65 bits per heavy atom. The monoisotopic (exact) mass is 366 g/mol. The van der Waals surface area contributed by atoms with Crippen LogP contribution in [0.5, 0.6) is 5.75 Å². The largest absolute Gasteiger partial charge is 0.506 e. The van der Waals surface area contributed by atoms with E-state index in [1.807, 2.05) is 0 Å². The third kappa shape index (κ3) is 3.82. The number of aromatic hydroxyl groups is 1. The first-order valence-electron chi connectivity index (χ1n) is 5.41. The first-order valence-corrected chi connectivity index (χ1v) is 6.21. The number of phenolic OH excluding ortho intramolecular Hbond substituents is 1. The molecule has 1 aromatic rings. The summed E-state index contributed by atoms with van der Waals surface area (Å²) in [5, 5.41) is 18.6. The van der Waals surface area contributed by atoms with E-state index < -0.39 is 23.9 Å². The van der Waals surface area contributed by atoms with Gasteiger partial charge in [0.2, 0.25) is 6.17 Å². The lowest BCUT2D eigenvalue weighted by molar-refractivity contribution is -0.149. The molecule has 0 amide bonds. The summed E-state index contributed by atoms with van der Waals surface area (Å²) in [5.41, 5.74) is 5.53. The summed E-state index contributed by atoms with van der Waals surface area (Å²) in [4.78, 5) is 11.3. The van der Waals surface area contributed by atoms with Crippen LogP contribution in [0.15, 0.2) is 16.6 Å². The SMILES string of the molecule is CCOC(=O)C(F)[C@H](N)c1c(Br)ccc(C#N)c1O.Cl. The number of phenols is 1. The number of nitriles is 1. The lowest BCUT2D eigenvalue weighted by Crippen LogP contribution is -2.32. The highest BCUT2D eigenvalue weighted by atomic mass is 79.9. The number of nitrogens with zero attached hydrogens (tertiary/aromatic N) is 1. The third-order valence-electron chi connectivity index (χ3n) is 2.44. The molecule has 0 fully saturated rings. The topological polar surface area (TPSA) is 96.3 Å². The number of nitrogens with two attached hydrogens (primary N) is 1. The maximum absolute atomic E-state index is 13.8. The number of carbonyl (C=O) groups is 1.